The van der Waals surface area contributed by atoms with Crippen LogP contribution in [0.4, 0.5) is 19.0 Å². The third-order valence-electron chi connectivity index (χ3n) is 5.77. The molecule has 1 aliphatic rings. The first-order valence-electron chi connectivity index (χ1n) is 10.7. The molecule has 4 aromatic rings. The van der Waals surface area contributed by atoms with E-state index in [2.05, 4.69) is 24.8 Å². The fourth-order valence-electron chi connectivity index (χ4n) is 4.00. The highest BCUT2D eigenvalue weighted by Crippen LogP contribution is 2.32. The number of piperidine rings is 1. The van der Waals surface area contributed by atoms with Crippen molar-refractivity contribution in [3.05, 3.63) is 66.1 Å². The number of nitrogens with zero attached hydrogens (tertiary/aromatic N) is 4. The number of rotatable bonds is 5. The molecule has 0 spiro atoms. The van der Waals surface area contributed by atoms with Crippen LogP contribution >= 0.6 is 0 Å². The van der Waals surface area contributed by atoms with Gasteiger partial charge in [0.15, 0.2) is 6.29 Å². The Morgan fingerprint density at radius 3 is 2.59 bits per heavy atom. The minimum atomic E-state index is -4.41. The summed E-state index contributed by atoms with van der Waals surface area (Å²) in [7, 11) is 0. The van der Waals surface area contributed by atoms with Crippen molar-refractivity contribution in [2.24, 2.45) is 0 Å². The molecule has 1 saturated heterocycles. The standard InChI is InChI=1S/C24H20F3N5O2/c25-24(26,27)17-2-3-20-21(10-17)31-23(30-20)16-1-4-22(29-12-16)32-7-5-18(6-8-32)34-19-9-15(14-33)11-28-13-19/h1-4,9-14,18H,5-8H2,(H,30,31). The van der Waals surface area contributed by atoms with Crippen LogP contribution in [-0.2, 0) is 6.18 Å². The van der Waals surface area contributed by atoms with E-state index in [1.165, 1.54) is 12.3 Å². The lowest BCUT2D eigenvalue weighted by Crippen LogP contribution is -2.38. The van der Waals surface area contributed by atoms with Crippen molar-refractivity contribution in [2.75, 3.05) is 18.0 Å². The van der Waals surface area contributed by atoms with Crippen LogP contribution in [0.2, 0.25) is 0 Å². The molecule has 0 aliphatic carbocycles. The number of ether oxygens (including phenoxy) is 1. The monoisotopic (exact) mass is 467 g/mol. The van der Waals surface area contributed by atoms with Gasteiger partial charge in [-0.25, -0.2) is 9.97 Å². The summed E-state index contributed by atoms with van der Waals surface area (Å²) < 4.78 is 44.8. The molecule has 34 heavy (non-hydrogen) atoms. The van der Waals surface area contributed by atoms with E-state index in [9.17, 15) is 18.0 Å². The predicted octanol–water partition coefficient (Wildman–Crippen LogP) is 4.90. The van der Waals surface area contributed by atoms with Crippen molar-refractivity contribution in [3.8, 4) is 17.1 Å². The number of pyridine rings is 2. The summed E-state index contributed by atoms with van der Waals surface area (Å²) >= 11 is 0. The first-order valence-corrected chi connectivity index (χ1v) is 10.7. The van der Waals surface area contributed by atoms with Gasteiger partial charge in [-0.05, 0) is 36.4 Å². The zero-order valence-corrected chi connectivity index (χ0v) is 17.9. The Morgan fingerprint density at radius 1 is 1.06 bits per heavy atom. The number of alkyl halides is 3. The molecule has 5 rings (SSSR count). The third kappa shape index (κ3) is 4.57. The van der Waals surface area contributed by atoms with Gasteiger partial charge < -0.3 is 14.6 Å². The SMILES string of the molecule is O=Cc1cncc(OC2CCN(c3ccc(-c4nc5ccc(C(F)(F)F)cc5[nH]4)cn3)CC2)c1. The maximum absolute atomic E-state index is 13.0. The van der Waals surface area contributed by atoms with Crippen molar-refractivity contribution in [1.82, 2.24) is 19.9 Å². The summed E-state index contributed by atoms with van der Waals surface area (Å²) in [6, 6.07) is 8.85. The Morgan fingerprint density at radius 2 is 1.88 bits per heavy atom. The molecule has 1 aromatic carbocycles. The Bertz CT molecular complexity index is 1310. The molecule has 1 aliphatic heterocycles. The van der Waals surface area contributed by atoms with E-state index in [0.717, 1.165) is 50.2 Å². The molecule has 4 heterocycles. The number of carbonyl (C=O) groups is 1. The van der Waals surface area contributed by atoms with E-state index in [0.29, 0.717) is 33.7 Å². The van der Waals surface area contributed by atoms with Gasteiger partial charge in [-0.15, -0.1) is 0 Å². The number of hydrogen-bond donors (Lipinski definition) is 1. The van der Waals surface area contributed by atoms with Crippen LogP contribution in [0.5, 0.6) is 5.75 Å². The fourth-order valence-corrected chi connectivity index (χ4v) is 4.00. The molecule has 7 nitrogen and oxygen atoms in total. The van der Waals surface area contributed by atoms with Crippen molar-refractivity contribution in [1.29, 1.82) is 0 Å². The number of aromatic amines is 1. The number of imidazole rings is 1. The summed E-state index contributed by atoms with van der Waals surface area (Å²) in [6.45, 7) is 1.51. The van der Waals surface area contributed by atoms with Crippen LogP contribution in [0.25, 0.3) is 22.4 Å². The van der Waals surface area contributed by atoms with Crippen LogP contribution in [0.1, 0.15) is 28.8 Å². The van der Waals surface area contributed by atoms with Crippen LogP contribution in [-0.4, -0.2) is 45.4 Å². The van der Waals surface area contributed by atoms with E-state index < -0.39 is 11.7 Å². The molecule has 0 radical (unpaired) electrons. The second-order valence-electron chi connectivity index (χ2n) is 8.10. The molecule has 1 fully saturated rings. The lowest BCUT2D eigenvalue weighted by molar-refractivity contribution is -0.137. The highest BCUT2D eigenvalue weighted by Gasteiger charge is 2.30. The summed E-state index contributed by atoms with van der Waals surface area (Å²) in [4.78, 5) is 28.9. The zero-order valence-electron chi connectivity index (χ0n) is 17.9. The van der Waals surface area contributed by atoms with E-state index in [1.807, 2.05) is 12.1 Å². The van der Waals surface area contributed by atoms with Gasteiger partial charge in [-0.1, -0.05) is 0 Å². The summed E-state index contributed by atoms with van der Waals surface area (Å²) in [5.41, 5.74) is 1.23. The van der Waals surface area contributed by atoms with Gasteiger partial charge in [0.1, 0.15) is 23.5 Å². The smallest absolute Gasteiger partial charge is 0.416 e. The number of benzene rings is 1. The van der Waals surface area contributed by atoms with Gasteiger partial charge >= 0.3 is 6.18 Å². The van der Waals surface area contributed by atoms with Crippen molar-refractivity contribution >= 4 is 23.1 Å². The second-order valence-corrected chi connectivity index (χ2v) is 8.10. The van der Waals surface area contributed by atoms with Gasteiger partial charge in [0.25, 0.3) is 0 Å². The Labute approximate surface area is 192 Å². The first kappa shape index (κ1) is 21.9. The molecule has 10 heteroatoms. The van der Waals surface area contributed by atoms with E-state index >= 15 is 0 Å². The number of carbonyl (C=O) groups excluding carboxylic acids is 1. The topological polar surface area (TPSA) is 84.0 Å². The normalized spacial score (nSPS) is 15.0. The first-order chi connectivity index (χ1) is 16.4. The molecule has 0 amide bonds. The average molecular weight is 467 g/mol. The molecule has 0 bridgehead atoms. The lowest BCUT2D eigenvalue weighted by Gasteiger charge is -2.32. The second kappa shape index (κ2) is 8.77. The molecule has 0 atom stereocenters. The highest BCUT2D eigenvalue weighted by molar-refractivity contribution is 5.80. The van der Waals surface area contributed by atoms with E-state index in [4.69, 9.17) is 4.74 Å². The van der Waals surface area contributed by atoms with Crippen molar-refractivity contribution < 1.29 is 22.7 Å². The third-order valence-corrected chi connectivity index (χ3v) is 5.77. The Hall–Kier alpha value is -3.95. The van der Waals surface area contributed by atoms with Crippen LogP contribution in [0.3, 0.4) is 0 Å². The number of aromatic nitrogens is 4. The Kier molecular flexibility index (Phi) is 5.64. The molecule has 174 valence electrons. The molecular formula is C24H20F3N5O2. The predicted molar refractivity (Wildman–Crippen MR) is 120 cm³/mol. The number of anilines is 1. The fraction of sp³-hybridized carbons (Fsp3) is 0.250. The number of fused-ring (bicyclic) bond motifs is 1. The van der Waals surface area contributed by atoms with Gasteiger partial charge in [0.05, 0.1) is 22.8 Å². The van der Waals surface area contributed by atoms with E-state index in [1.54, 1.807) is 18.5 Å². The maximum Gasteiger partial charge on any atom is 0.416 e. The molecule has 3 aromatic heterocycles. The largest absolute Gasteiger partial charge is 0.489 e. The zero-order chi connectivity index (χ0) is 23.7. The minimum absolute atomic E-state index is 0.0244. The maximum atomic E-state index is 13.0. The van der Waals surface area contributed by atoms with Gasteiger partial charge in [-0.2, -0.15) is 13.2 Å². The number of halogens is 3. The summed E-state index contributed by atoms with van der Waals surface area (Å²) in [6.07, 6.45) is 2.69. The van der Waals surface area contributed by atoms with Crippen molar-refractivity contribution in [2.45, 2.75) is 25.1 Å². The number of H-pyrrole nitrogens is 1. The van der Waals surface area contributed by atoms with E-state index in [-0.39, 0.29) is 6.10 Å². The molecule has 0 unspecified atom stereocenters. The average Bonchev–Trinajstić information content (AvgIpc) is 3.28. The van der Waals surface area contributed by atoms with Crippen LogP contribution in [0, 0.1) is 0 Å². The molecule has 0 saturated carbocycles. The Balaban J connectivity index is 1.24. The summed E-state index contributed by atoms with van der Waals surface area (Å²) in [5.74, 6) is 1.85. The quantitative estimate of drug-likeness (QED) is 0.421. The van der Waals surface area contributed by atoms with Gasteiger partial charge in [0.2, 0.25) is 0 Å². The highest BCUT2D eigenvalue weighted by atomic mass is 19.4. The molecule has 1 N–H and O–H groups in total. The van der Waals surface area contributed by atoms with Crippen LogP contribution < -0.4 is 9.64 Å². The molecular weight excluding hydrogens is 447 g/mol. The van der Waals surface area contributed by atoms with Gasteiger partial charge in [-0.3, -0.25) is 9.78 Å². The number of nitrogens with one attached hydrogen (secondary N) is 1. The number of aldehydes is 1. The summed E-state index contributed by atoms with van der Waals surface area (Å²) in [5, 5.41) is 0. The minimum Gasteiger partial charge on any atom is -0.489 e. The van der Waals surface area contributed by atoms with Gasteiger partial charge in [0, 0.05) is 49.5 Å². The number of hydrogen-bond acceptors (Lipinski definition) is 6. The van der Waals surface area contributed by atoms with Crippen molar-refractivity contribution in [3.63, 3.8) is 0 Å². The lowest BCUT2D eigenvalue weighted by atomic mass is 10.1. The van der Waals surface area contributed by atoms with Crippen LogP contribution in [0.15, 0.2) is 55.0 Å².